The molecule has 0 heterocycles. The second kappa shape index (κ2) is 8.63. The van der Waals surface area contributed by atoms with Gasteiger partial charge in [-0.05, 0) is 43.3 Å². The number of ketones is 1. The van der Waals surface area contributed by atoms with E-state index in [0.29, 0.717) is 23.7 Å². The van der Waals surface area contributed by atoms with Gasteiger partial charge in [0, 0.05) is 12.1 Å². The summed E-state index contributed by atoms with van der Waals surface area (Å²) in [5.74, 6) is -1.05. The van der Waals surface area contributed by atoms with Crippen molar-refractivity contribution < 1.29 is 19.1 Å². The zero-order chi connectivity index (χ0) is 18.2. The van der Waals surface area contributed by atoms with Crippen molar-refractivity contribution in [2.45, 2.75) is 20.3 Å². The number of carbonyl (C=O) groups is 3. The minimum absolute atomic E-state index is 0.146. The van der Waals surface area contributed by atoms with Crippen molar-refractivity contribution >= 4 is 29.0 Å². The molecular weight excluding hydrogens is 320 g/mol. The first-order chi connectivity index (χ1) is 12.0. The van der Waals surface area contributed by atoms with E-state index in [1.807, 2.05) is 6.92 Å². The number of hydrogen-bond donors (Lipinski definition) is 2. The van der Waals surface area contributed by atoms with Crippen LogP contribution in [0.4, 0.5) is 11.4 Å². The third-order valence-electron chi connectivity index (χ3n) is 3.40. The third-order valence-corrected chi connectivity index (χ3v) is 3.40. The highest BCUT2D eigenvalue weighted by Gasteiger charge is 2.20. The van der Waals surface area contributed by atoms with Gasteiger partial charge in [0.2, 0.25) is 5.91 Å². The molecule has 0 saturated carbocycles. The summed E-state index contributed by atoms with van der Waals surface area (Å²) < 4.78 is 5.33. The fourth-order valence-electron chi connectivity index (χ4n) is 2.14. The van der Waals surface area contributed by atoms with Crippen molar-refractivity contribution in [1.29, 1.82) is 0 Å². The first-order valence-electron chi connectivity index (χ1n) is 8.02. The van der Waals surface area contributed by atoms with Gasteiger partial charge in [-0.15, -0.1) is 0 Å². The van der Waals surface area contributed by atoms with E-state index in [2.05, 4.69) is 10.6 Å². The molecule has 6 heteroatoms. The Morgan fingerprint density at radius 2 is 1.60 bits per heavy atom. The molecule has 0 saturated heterocycles. The molecule has 130 valence electrons. The molecule has 0 bridgehead atoms. The Labute approximate surface area is 146 Å². The van der Waals surface area contributed by atoms with Crippen LogP contribution in [-0.4, -0.2) is 24.2 Å². The SMILES string of the molecule is CCOc1ccc(NC(=O)C(=O)c2ccccc2NC(=O)CC)cc1. The molecule has 0 aliphatic carbocycles. The molecule has 0 atom stereocenters. The summed E-state index contributed by atoms with van der Waals surface area (Å²) in [5, 5.41) is 5.17. The second-order valence-electron chi connectivity index (χ2n) is 5.19. The molecule has 0 aliphatic heterocycles. The van der Waals surface area contributed by atoms with Gasteiger partial charge in [-0.1, -0.05) is 19.1 Å². The van der Waals surface area contributed by atoms with Gasteiger partial charge in [0.05, 0.1) is 17.9 Å². The Hall–Kier alpha value is -3.15. The maximum atomic E-state index is 12.4. The van der Waals surface area contributed by atoms with E-state index in [-0.39, 0.29) is 17.9 Å². The van der Waals surface area contributed by atoms with Gasteiger partial charge in [0.25, 0.3) is 11.7 Å². The lowest BCUT2D eigenvalue weighted by molar-refractivity contribution is -0.116. The highest BCUT2D eigenvalue weighted by Crippen LogP contribution is 2.19. The second-order valence-corrected chi connectivity index (χ2v) is 5.19. The third kappa shape index (κ3) is 4.91. The number of rotatable bonds is 7. The minimum Gasteiger partial charge on any atom is -0.494 e. The van der Waals surface area contributed by atoms with E-state index in [4.69, 9.17) is 4.74 Å². The van der Waals surface area contributed by atoms with Crippen LogP contribution in [0.1, 0.15) is 30.6 Å². The topological polar surface area (TPSA) is 84.5 Å². The number of Topliss-reactive ketones (excluding diaryl/α,β-unsaturated/α-hetero) is 1. The van der Waals surface area contributed by atoms with Gasteiger partial charge in [-0.2, -0.15) is 0 Å². The van der Waals surface area contributed by atoms with Gasteiger partial charge in [-0.25, -0.2) is 0 Å². The molecule has 0 aromatic heterocycles. The van der Waals surface area contributed by atoms with Crippen LogP contribution in [0, 0.1) is 0 Å². The molecule has 2 rings (SSSR count). The van der Waals surface area contributed by atoms with Crippen LogP contribution in [-0.2, 0) is 9.59 Å². The lowest BCUT2D eigenvalue weighted by Crippen LogP contribution is -2.24. The molecule has 0 aliphatic rings. The fourth-order valence-corrected chi connectivity index (χ4v) is 2.14. The molecule has 2 aromatic rings. The van der Waals surface area contributed by atoms with Gasteiger partial charge >= 0.3 is 0 Å². The fraction of sp³-hybridized carbons (Fsp3) is 0.211. The van der Waals surface area contributed by atoms with E-state index in [9.17, 15) is 14.4 Å². The summed E-state index contributed by atoms with van der Waals surface area (Å²) in [7, 11) is 0. The minimum atomic E-state index is -0.776. The zero-order valence-corrected chi connectivity index (χ0v) is 14.2. The van der Waals surface area contributed by atoms with Gasteiger partial charge in [0.15, 0.2) is 0 Å². The Balaban J connectivity index is 2.12. The standard InChI is InChI=1S/C19H20N2O4/c1-3-17(22)21-16-8-6-5-7-15(16)18(23)19(24)20-13-9-11-14(12-10-13)25-4-2/h5-12H,3-4H2,1-2H3,(H,20,24)(H,21,22). The number of nitrogens with one attached hydrogen (secondary N) is 2. The maximum absolute atomic E-state index is 12.4. The van der Waals surface area contributed by atoms with Crippen molar-refractivity contribution in [3.63, 3.8) is 0 Å². The summed E-state index contributed by atoms with van der Waals surface area (Å²) >= 11 is 0. The molecular formula is C19H20N2O4. The van der Waals surface area contributed by atoms with Gasteiger partial charge in [-0.3, -0.25) is 14.4 Å². The molecule has 0 spiro atoms. The van der Waals surface area contributed by atoms with E-state index in [1.54, 1.807) is 49.4 Å². The van der Waals surface area contributed by atoms with E-state index >= 15 is 0 Å². The Morgan fingerprint density at radius 3 is 2.24 bits per heavy atom. The van der Waals surface area contributed by atoms with E-state index < -0.39 is 11.7 Å². The van der Waals surface area contributed by atoms with Crippen LogP contribution in [0.15, 0.2) is 48.5 Å². The summed E-state index contributed by atoms with van der Waals surface area (Å²) in [4.78, 5) is 36.2. The van der Waals surface area contributed by atoms with Gasteiger partial charge < -0.3 is 15.4 Å². The Bertz CT molecular complexity index is 769. The first-order valence-corrected chi connectivity index (χ1v) is 8.02. The van der Waals surface area contributed by atoms with Crippen LogP contribution < -0.4 is 15.4 Å². The number of carbonyl (C=O) groups excluding carboxylic acids is 3. The predicted octanol–water partition coefficient (Wildman–Crippen LogP) is 3.26. The summed E-state index contributed by atoms with van der Waals surface area (Å²) in [6.07, 6.45) is 0.279. The van der Waals surface area contributed by atoms with E-state index in [0.717, 1.165) is 0 Å². The molecule has 2 N–H and O–H groups in total. The predicted molar refractivity (Wildman–Crippen MR) is 95.9 cm³/mol. The maximum Gasteiger partial charge on any atom is 0.296 e. The molecule has 2 amide bonds. The normalized spacial score (nSPS) is 10.0. The smallest absolute Gasteiger partial charge is 0.296 e. The molecule has 2 aromatic carbocycles. The average molecular weight is 340 g/mol. The number of benzene rings is 2. The van der Waals surface area contributed by atoms with Gasteiger partial charge in [0.1, 0.15) is 5.75 Å². The van der Waals surface area contributed by atoms with Crippen LogP contribution in [0.25, 0.3) is 0 Å². The number of amides is 2. The summed E-state index contributed by atoms with van der Waals surface area (Å²) in [6.45, 7) is 4.13. The molecule has 25 heavy (non-hydrogen) atoms. The number of ether oxygens (including phenoxy) is 1. The molecule has 0 radical (unpaired) electrons. The van der Waals surface area contributed by atoms with Crippen molar-refractivity contribution in [1.82, 2.24) is 0 Å². The number of para-hydroxylation sites is 1. The summed E-state index contributed by atoms with van der Waals surface area (Å²) in [5.41, 5.74) is 0.950. The van der Waals surface area contributed by atoms with Crippen molar-refractivity contribution in [2.24, 2.45) is 0 Å². The molecule has 0 fully saturated rings. The average Bonchev–Trinajstić information content (AvgIpc) is 2.63. The number of hydrogen-bond acceptors (Lipinski definition) is 4. The molecule has 0 unspecified atom stereocenters. The van der Waals surface area contributed by atoms with Crippen LogP contribution >= 0.6 is 0 Å². The van der Waals surface area contributed by atoms with E-state index in [1.165, 1.54) is 6.07 Å². The quantitative estimate of drug-likeness (QED) is 0.598. The highest BCUT2D eigenvalue weighted by atomic mass is 16.5. The first kappa shape index (κ1) is 18.2. The van der Waals surface area contributed by atoms with Crippen molar-refractivity contribution in [3.8, 4) is 5.75 Å². The highest BCUT2D eigenvalue weighted by molar-refractivity contribution is 6.47. The lowest BCUT2D eigenvalue weighted by Gasteiger charge is -2.10. The number of anilines is 2. The Morgan fingerprint density at radius 1 is 0.920 bits per heavy atom. The Kier molecular flexibility index (Phi) is 6.28. The van der Waals surface area contributed by atoms with Crippen LogP contribution in [0.3, 0.4) is 0 Å². The van der Waals surface area contributed by atoms with Crippen molar-refractivity contribution in [2.75, 3.05) is 17.2 Å². The van der Waals surface area contributed by atoms with Crippen molar-refractivity contribution in [3.05, 3.63) is 54.1 Å². The molecule has 6 nitrogen and oxygen atoms in total. The summed E-state index contributed by atoms with van der Waals surface area (Å²) in [6, 6.07) is 13.1. The monoisotopic (exact) mass is 340 g/mol. The van der Waals surface area contributed by atoms with Crippen LogP contribution in [0.2, 0.25) is 0 Å². The van der Waals surface area contributed by atoms with Crippen LogP contribution in [0.5, 0.6) is 5.75 Å². The zero-order valence-electron chi connectivity index (χ0n) is 14.2. The largest absolute Gasteiger partial charge is 0.494 e. The lowest BCUT2D eigenvalue weighted by atomic mass is 10.1.